The molecule has 0 spiro atoms. The molecule has 2 atom stereocenters. The highest BCUT2D eigenvalue weighted by atomic mass is 19.4. The summed E-state index contributed by atoms with van der Waals surface area (Å²) >= 11 is 0. The minimum atomic E-state index is -4.99. The number of carbonyl (C=O) groups excluding carboxylic acids is 2. The number of nitrogens with one attached hydrogen (secondary N) is 1. The van der Waals surface area contributed by atoms with Gasteiger partial charge in [-0.3, -0.25) is 14.5 Å². The molecule has 2 fully saturated rings. The molecule has 0 saturated carbocycles. The normalized spacial score (nSPS) is 19.1. The van der Waals surface area contributed by atoms with Crippen molar-refractivity contribution >= 4 is 23.3 Å². The van der Waals surface area contributed by atoms with Crippen molar-refractivity contribution in [2.24, 2.45) is 0 Å². The first kappa shape index (κ1) is 32.8. The molecule has 246 valence electrons. The van der Waals surface area contributed by atoms with E-state index >= 15 is 8.78 Å². The van der Waals surface area contributed by atoms with Gasteiger partial charge in [0.2, 0.25) is 0 Å². The van der Waals surface area contributed by atoms with E-state index in [9.17, 15) is 31.5 Å². The Bertz CT molecular complexity index is 1570. The van der Waals surface area contributed by atoms with Crippen molar-refractivity contribution in [3.8, 4) is 11.5 Å². The fraction of sp³-hybridized carbons (Fsp3) is 0.367. The molecule has 0 unspecified atom stereocenters. The summed E-state index contributed by atoms with van der Waals surface area (Å²) in [7, 11) is 3.01. The molecule has 16 heteroatoms. The number of carbonyl (C=O) groups is 2. The number of alkyl halides is 5. The fourth-order valence-corrected chi connectivity index (χ4v) is 5.62. The van der Waals surface area contributed by atoms with Crippen LogP contribution in [0.4, 0.5) is 42.2 Å². The van der Waals surface area contributed by atoms with Gasteiger partial charge < -0.3 is 24.6 Å². The van der Waals surface area contributed by atoms with E-state index in [1.807, 2.05) is 11.9 Å². The Labute approximate surface area is 258 Å². The SMILES string of the molecule is COc1cc(F)c([C@@H]2CN(c3nccc(N4CCN(C)CC4)c3C(F)(F)F)C(=O)[C@H]2NC(=O)c2ccc(OC(F)F)cc2)c(F)c1. The highest BCUT2D eigenvalue weighted by molar-refractivity contribution is 6.05. The highest BCUT2D eigenvalue weighted by Crippen LogP contribution is 2.45. The van der Waals surface area contributed by atoms with Gasteiger partial charge in [-0.1, -0.05) is 0 Å². The van der Waals surface area contributed by atoms with Gasteiger partial charge in [-0.05, 0) is 37.4 Å². The zero-order valence-corrected chi connectivity index (χ0v) is 24.5. The Morgan fingerprint density at radius 3 is 2.20 bits per heavy atom. The second-order valence-corrected chi connectivity index (χ2v) is 10.7. The zero-order valence-electron chi connectivity index (χ0n) is 24.5. The smallest absolute Gasteiger partial charge is 0.421 e. The van der Waals surface area contributed by atoms with Gasteiger partial charge in [-0.25, -0.2) is 13.8 Å². The summed E-state index contributed by atoms with van der Waals surface area (Å²) in [5, 5.41) is 2.37. The summed E-state index contributed by atoms with van der Waals surface area (Å²) in [6.07, 6.45) is -3.87. The summed E-state index contributed by atoms with van der Waals surface area (Å²) in [5.41, 5.74) is -2.22. The number of methoxy groups -OCH3 is 1. The number of anilines is 2. The maximum Gasteiger partial charge on any atom is 0.421 e. The average Bonchev–Trinajstić information content (AvgIpc) is 3.31. The van der Waals surface area contributed by atoms with Gasteiger partial charge in [0, 0.05) is 68.1 Å². The van der Waals surface area contributed by atoms with Crippen LogP contribution in [0.25, 0.3) is 0 Å². The second kappa shape index (κ2) is 13.0. The number of rotatable bonds is 8. The third kappa shape index (κ3) is 6.66. The minimum absolute atomic E-state index is 0.145. The van der Waals surface area contributed by atoms with Crippen LogP contribution in [0.3, 0.4) is 0 Å². The monoisotopic (exact) mass is 655 g/mol. The molecule has 1 aromatic heterocycles. The van der Waals surface area contributed by atoms with Crippen LogP contribution in [0.5, 0.6) is 11.5 Å². The maximum absolute atomic E-state index is 15.4. The van der Waals surface area contributed by atoms with Crippen LogP contribution >= 0.6 is 0 Å². The van der Waals surface area contributed by atoms with Gasteiger partial charge in [0.15, 0.2) is 0 Å². The lowest BCUT2D eigenvalue weighted by molar-refractivity contribution is -0.136. The van der Waals surface area contributed by atoms with E-state index < -0.39 is 71.7 Å². The van der Waals surface area contributed by atoms with E-state index in [1.165, 1.54) is 18.1 Å². The van der Waals surface area contributed by atoms with Crippen LogP contribution in [0.2, 0.25) is 0 Å². The molecule has 2 aliphatic heterocycles. The first-order valence-electron chi connectivity index (χ1n) is 14.0. The lowest BCUT2D eigenvalue weighted by atomic mass is 9.92. The molecule has 0 aliphatic carbocycles. The molecule has 9 nitrogen and oxygen atoms in total. The van der Waals surface area contributed by atoms with Gasteiger partial charge in [0.25, 0.3) is 11.8 Å². The molecule has 5 rings (SSSR count). The van der Waals surface area contributed by atoms with Crippen molar-refractivity contribution in [3.05, 3.63) is 77.0 Å². The maximum atomic E-state index is 15.4. The molecular weight excluding hydrogens is 627 g/mol. The number of halogens is 7. The van der Waals surface area contributed by atoms with Gasteiger partial charge in [-0.2, -0.15) is 22.0 Å². The molecule has 0 radical (unpaired) electrons. The Balaban J connectivity index is 1.56. The van der Waals surface area contributed by atoms with Crippen LogP contribution in [0.1, 0.15) is 27.4 Å². The first-order chi connectivity index (χ1) is 21.8. The largest absolute Gasteiger partial charge is 0.497 e. The molecule has 0 bridgehead atoms. The Hall–Kier alpha value is -4.60. The number of piperazine rings is 1. The van der Waals surface area contributed by atoms with E-state index in [2.05, 4.69) is 15.0 Å². The average molecular weight is 656 g/mol. The Morgan fingerprint density at radius 1 is 1.00 bits per heavy atom. The summed E-state index contributed by atoms with van der Waals surface area (Å²) in [6, 6.07) is 5.48. The topological polar surface area (TPSA) is 87.2 Å². The third-order valence-corrected chi connectivity index (χ3v) is 7.89. The molecule has 3 aromatic rings. The number of pyridine rings is 1. The van der Waals surface area contributed by atoms with Crippen molar-refractivity contribution in [2.75, 3.05) is 56.7 Å². The second-order valence-electron chi connectivity index (χ2n) is 10.7. The molecule has 46 heavy (non-hydrogen) atoms. The fourth-order valence-electron chi connectivity index (χ4n) is 5.62. The van der Waals surface area contributed by atoms with Crippen LogP contribution in [0.15, 0.2) is 48.7 Å². The number of hydrogen-bond donors (Lipinski definition) is 1. The molecule has 1 N–H and O–H groups in total. The van der Waals surface area contributed by atoms with Crippen LogP contribution in [-0.4, -0.2) is 81.2 Å². The van der Waals surface area contributed by atoms with Crippen molar-refractivity contribution in [1.29, 1.82) is 0 Å². The van der Waals surface area contributed by atoms with E-state index in [0.717, 1.165) is 42.6 Å². The summed E-state index contributed by atoms with van der Waals surface area (Å²) in [4.78, 5) is 35.1. The first-order valence-corrected chi connectivity index (χ1v) is 14.0. The van der Waals surface area contributed by atoms with Crippen molar-refractivity contribution < 1.29 is 49.8 Å². The molecule has 3 heterocycles. The van der Waals surface area contributed by atoms with Crippen molar-refractivity contribution in [3.63, 3.8) is 0 Å². The summed E-state index contributed by atoms with van der Waals surface area (Å²) < 4.78 is 109. The highest BCUT2D eigenvalue weighted by Gasteiger charge is 2.49. The number of likely N-dealkylation sites (N-methyl/N-ethyl adjacent to an activating group) is 1. The molecule has 2 aliphatic rings. The Kier molecular flexibility index (Phi) is 9.28. The zero-order chi connectivity index (χ0) is 33.3. The van der Waals surface area contributed by atoms with Crippen molar-refractivity contribution in [1.82, 2.24) is 15.2 Å². The molecular formula is C30H28F7N5O4. The van der Waals surface area contributed by atoms with Gasteiger partial charge in [0.1, 0.15) is 40.6 Å². The van der Waals surface area contributed by atoms with E-state index in [1.54, 1.807) is 0 Å². The minimum Gasteiger partial charge on any atom is -0.497 e. The van der Waals surface area contributed by atoms with E-state index in [4.69, 9.17) is 4.74 Å². The van der Waals surface area contributed by atoms with Crippen molar-refractivity contribution in [2.45, 2.75) is 24.7 Å². The number of hydrogen-bond acceptors (Lipinski definition) is 7. The van der Waals surface area contributed by atoms with Crippen LogP contribution in [-0.2, 0) is 11.0 Å². The van der Waals surface area contributed by atoms with Crippen LogP contribution < -0.4 is 24.6 Å². The van der Waals surface area contributed by atoms with Gasteiger partial charge in [-0.15, -0.1) is 0 Å². The summed E-state index contributed by atoms with van der Waals surface area (Å²) in [6.45, 7) is -2.30. The number of amides is 2. The molecule has 2 amide bonds. The lowest BCUT2D eigenvalue weighted by Gasteiger charge is -2.36. The number of benzene rings is 2. The van der Waals surface area contributed by atoms with E-state index in [0.29, 0.717) is 18.0 Å². The predicted octanol–water partition coefficient (Wildman–Crippen LogP) is 4.67. The number of ether oxygens (including phenoxy) is 2. The predicted molar refractivity (Wildman–Crippen MR) is 151 cm³/mol. The Morgan fingerprint density at radius 2 is 1.63 bits per heavy atom. The standard InChI is InChI=1S/C30H28F7N5O4/c1-40-9-11-41(12-10-40)22-7-8-38-26(24(22)30(35,36)37)42-15-19(23-20(31)13-18(45-2)14-21(23)32)25(28(42)44)39-27(43)16-3-5-17(6-4-16)46-29(33)34/h3-8,13-14,19,25,29H,9-12,15H2,1-2H3,(H,39,43)/t19-,25-/m0/s1. The van der Waals surface area contributed by atoms with Crippen LogP contribution in [0, 0.1) is 11.6 Å². The lowest BCUT2D eigenvalue weighted by Crippen LogP contribution is -2.46. The van der Waals surface area contributed by atoms with Gasteiger partial charge in [0.05, 0.1) is 12.8 Å². The van der Waals surface area contributed by atoms with E-state index in [-0.39, 0.29) is 35.8 Å². The van der Waals surface area contributed by atoms with Gasteiger partial charge >= 0.3 is 12.8 Å². The number of nitrogens with zero attached hydrogens (tertiary/aromatic N) is 4. The third-order valence-electron chi connectivity index (χ3n) is 7.89. The number of aromatic nitrogens is 1. The molecule has 2 aromatic carbocycles. The summed E-state index contributed by atoms with van der Waals surface area (Å²) in [5.74, 6) is -7.11. The quantitative estimate of drug-likeness (QED) is 0.353. The molecule has 2 saturated heterocycles.